The standard InChI is InChI=1S/C14H26N2O2/c1-4-5-6-11(10(2)3)14(18)12(17)9-13-15-7-8-16-13/h7-8,10-12,14,17-18H,4-6,9H2,1-3H3,(H,15,16). The Morgan fingerprint density at radius 2 is 2.06 bits per heavy atom. The predicted molar refractivity (Wildman–Crippen MR) is 72.2 cm³/mol. The topological polar surface area (TPSA) is 69.1 Å². The lowest BCUT2D eigenvalue weighted by Gasteiger charge is -2.29. The molecule has 104 valence electrons. The first-order valence-corrected chi connectivity index (χ1v) is 6.90. The van der Waals surface area contributed by atoms with E-state index in [2.05, 4.69) is 30.7 Å². The van der Waals surface area contributed by atoms with Gasteiger partial charge in [0.05, 0.1) is 12.2 Å². The molecule has 0 radical (unpaired) electrons. The molecule has 0 spiro atoms. The van der Waals surface area contributed by atoms with E-state index in [0.29, 0.717) is 12.3 Å². The highest BCUT2D eigenvalue weighted by atomic mass is 16.3. The summed E-state index contributed by atoms with van der Waals surface area (Å²) in [6.45, 7) is 6.34. The van der Waals surface area contributed by atoms with Gasteiger partial charge in [-0.3, -0.25) is 0 Å². The number of aliphatic hydroxyl groups excluding tert-OH is 2. The molecule has 4 heteroatoms. The summed E-state index contributed by atoms with van der Waals surface area (Å²) in [6, 6.07) is 0. The summed E-state index contributed by atoms with van der Waals surface area (Å²) in [5.41, 5.74) is 0. The largest absolute Gasteiger partial charge is 0.390 e. The molecule has 0 aliphatic heterocycles. The zero-order valence-corrected chi connectivity index (χ0v) is 11.6. The molecule has 1 aromatic heterocycles. The zero-order chi connectivity index (χ0) is 13.5. The zero-order valence-electron chi connectivity index (χ0n) is 11.6. The predicted octanol–water partition coefficient (Wildman–Crippen LogP) is 2.14. The van der Waals surface area contributed by atoms with E-state index in [0.717, 1.165) is 25.1 Å². The van der Waals surface area contributed by atoms with Gasteiger partial charge in [0.1, 0.15) is 5.82 Å². The van der Waals surface area contributed by atoms with Gasteiger partial charge < -0.3 is 15.2 Å². The van der Waals surface area contributed by atoms with Crippen LogP contribution in [0, 0.1) is 11.8 Å². The van der Waals surface area contributed by atoms with Gasteiger partial charge in [0.25, 0.3) is 0 Å². The molecule has 3 atom stereocenters. The van der Waals surface area contributed by atoms with Crippen LogP contribution in [0.5, 0.6) is 0 Å². The number of aliphatic hydroxyl groups is 2. The van der Waals surface area contributed by atoms with Gasteiger partial charge in [0.15, 0.2) is 0 Å². The van der Waals surface area contributed by atoms with Gasteiger partial charge in [-0.25, -0.2) is 4.98 Å². The van der Waals surface area contributed by atoms with Gasteiger partial charge in [-0.1, -0.05) is 33.6 Å². The smallest absolute Gasteiger partial charge is 0.108 e. The third-order valence-electron chi connectivity index (χ3n) is 3.54. The van der Waals surface area contributed by atoms with Crippen molar-refractivity contribution >= 4 is 0 Å². The Balaban J connectivity index is 2.55. The van der Waals surface area contributed by atoms with Gasteiger partial charge in [-0.05, 0) is 18.3 Å². The minimum Gasteiger partial charge on any atom is -0.390 e. The van der Waals surface area contributed by atoms with Crippen molar-refractivity contribution in [3.63, 3.8) is 0 Å². The lowest BCUT2D eigenvalue weighted by Crippen LogP contribution is -2.37. The lowest BCUT2D eigenvalue weighted by atomic mass is 9.83. The van der Waals surface area contributed by atoms with Crippen molar-refractivity contribution in [2.75, 3.05) is 0 Å². The molecule has 0 amide bonds. The van der Waals surface area contributed by atoms with Crippen LogP contribution in [0.1, 0.15) is 45.9 Å². The third-order valence-corrected chi connectivity index (χ3v) is 3.54. The number of rotatable bonds is 8. The number of imidazole rings is 1. The second-order valence-corrected chi connectivity index (χ2v) is 5.35. The van der Waals surface area contributed by atoms with E-state index < -0.39 is 12.2 Å². The van der Waals surface area contributed by atoms with Crippen LogP contribution in [0.4, 0.5) is 0 Å². The van der Waals surface area contributed by atoms with Crippen molar-refractivity contribution in [3.8, 4) is 0 Å². The van der Waals surface area contributed by atoms with Gasteiger partial charge in [-0.15, -0.1) is 0 Å². The molecule has 1 aromatic rings. The van der Waals surface area contributed by atoms with Crippen LogP contribution >= 0.6 is 0 Å². The fraction of sp³-hybridized carbons (Fsp3) is 0.786. The van der Waals surface area contributed by atoms with Crippen LogP contribution in [-0.2, 0) is 6.42 Å². The number of aromatic amines is 1. The van der Waals surface area contributed by atoms with E-state index in [1.165, 1.54) is 0 Å². The van der Waals surface area contributed by atoms with E-state index in [1.54, 1.807) is 12.4 Å². The molecular formula is C14H26N2O2. The normalized spacial score (nSPS) is 16.8. The molecule has 18 heavy (non-hydrogen) atoms. The molecule has 3 N–H and O–H groups in total. The quantitative estimate of drug-likeness (QED) is 0.665. The lowest BCUT2D eigenvalue weighted by molar-refractivity contribution is -0.0332. The fourth-order valence-electron chi connectivity index (χ4n) is 2.35. The highest BCUT2D eigenvalue weighted by molar-refractivity contribution is 4.92. The van der Waals surface area contributed by atoms with Crippen molar-refractivity contribution in [2.45, 2.75) is 58.7 Å². The molecule has 0 aromatic carbocycles. The minimum absolute atomic E-state index is 0.148. The maximum atomic E-state index is 10.3. The molecule has 0 saturated heterocycles. The second kappa shape index (κ2) is 7.54. The van der Waals surface area contributed by atoms with Crippen LogP contribution in [0.15, 0.2) is 12.4 Å². The fourth-order valence-corrected chi connectivity index (χ4v) is 2.35. The van der Waals surface area contributed by atoms with Crippen LogP contribution < -0.4 is 0 Å². The monoisotopic (exact) mass is 254 g/mol. The van der Waals surface area contributed by atoms with E-state index in [1.807, 2.05) is 0 Å². The number of unbranched alkanes of at least 4 members (excludes halogenated alkanes) is 1. The first-order valence-electron chi connectivity index (χ1n) is 6.90. The van der Waals surface area contributed by atoms with E-state index >= 15 is 0 Å². The molecule has 1 rings (SSSR count). The molecule has 0 aliphatic carbocycles. The number of H-pyrrole nitrogens is 1. The van der Waals surface area contributed by atoms with E-state index in [9.17, 15) is 10.2 Å². The van der Waals surface area contributed by atoms with Crippen molar-refractivity contribution in [3.05, 3.63) is 18.2 Å². The summed E-state index contributed by atoms with van der Waals surface area (Å²) >= 11 is 0. The number of hydrogen-bond acceptors (Lipinski definition) is 3. The Hall–Kier alpha value is -0.870. The molecule has 1 heterocycles. The van der Waals surface area contributed by atoms with Gasteiger partial charge >= 0.3 is 0 Å². The maximum absolute atomic E-state index is 10.3. The Labute approximate surface area is 109 Å². The number of nitrogens with zero attached hydrogens (tertiary/aromatic N) is 1. The third kappa shape index (κ3) is 4.42. The molecule has 0 fully saturated rings. The molecule has 0 aliphatic rings. The SMILES string of the molecule is CCCCC(C(C)C)C(O)C(O)Cc1ncc[nH]1. The van der Waals surface area contributed by atoms with Crippen LogP contribution in [0.25, 0.3) is 0 Å². The van der Waals surface area contributed by atoms with Crippen molar-refractivity contribution in [2.24, 2.45) is 11.8 Å². The number of hydrogen-bond donors (Lipinski definition) is 3. The average molecular weight is 254 g/mol. The van der Waals surface area contributed by atoms with Crippen LogP contribution in [-0.4, -0.2) is 32.4 Å². The first kappa shape index (κ1) is 15.2. The summed E-state index contributed by atoms with van der Waals surface area (Å²) in [4.78, 5) is 7.03. The molecular weight excluding hydrogens is 228 g/mol. The average Bonchev–Trinajstić information content (AvgIpc) is 2.81. The molecule has 0 bridgehead atoms. The van der Waals surface area contributed by atoms with Gasteiger partial charge in [-0.2, -0.15) is 0 Å². The Kier molecular flexibility index (Phi) is 6.36. The molecule has 4 nitrogen and oxygen atoms in total. The Morgan fingerprint density at radius 3 is 2.56 bits per heavy atom. The van der Waals surface area contributed by atoms with Crippen molar-refractivity contribution in [1.29, 1.82) is 0 Å². The van der Waals surface area contributed by atoms with Crippen LogP contribution in [0.3, 0.4) is 0 Å². The van der Waals surface area contributed by atoms with Crippen LogP contribution in [0.2, 0.25) is 0 Å². The first-order chi connectivity index (χ1) is 8.56. The number of aromatic nitrogens is 2. The summed E-state index contributed by atoms with van der Waals surface area (Å²) in [6.07, 6.45) is 5.50. The second-order valence-electron chi connectivity index (χ2n) is 5.35. The van der Waals surface area contributed by atoms with Gasteiger partial charge in [0.2, 0.25) is 0 Å². The maximum Gasteiger partial charge on any atom is 0.108 e. The van der Waals surface area contributed by atoms with Gasteiger partial charge in [0, 0.05) is 18.8 Å². The van der Waals surface area contributed by atoms with E-state index in [4.69, 9.17) is 0 Å². The number of nitrogens with one attached hydrogen (secondary N) is 1. The highest BCUT2D eigenvalue weighted by Crippen LogP contribution is 2.24. The molecule has 0 saturated carbocycles. The summed E-state index contributed by atoms with van der Waals surface area (Å²) in [7, 11) is 0. The van der Waals surface area contributed by atoms with Crippen molar-refractivity contribution < 1.29 is 10.2 Å². The summed E-state index contributed by atoms with van der Waals surface area (Å²) < 4.78 is 0. The Morgan fingerprint density at radius 1 is 1.33 bits per heavy atom. The minimum atomic E-state index is -0.750. The van der Waals surface area contributed by atoms with E-state index in [-0.39, 0.29) is 5.92 Å². The molecule has 3 unspecified atom stereocenters. The summed E-state index contributed by atoms with van der Waals surface area (Å²) in [5, 5.41) is 20.4. The summed E-state index contributed by atoms with van der Waals surface area (Å²) in [5.74, 6) is 1.24. The Bertz CT molecular complexity index is 312. The van der Waals surface area contributed by atoms with Crippen molar-refractivity contribution in [1.82, 2.24) is 9.97 Å². The highest BCUT2D eigenvalue weighted by Gasteiger charge is 2.28.